The first kappa shape index (κ1) is 13.9. The molecule has 1 aliphatic carbocycles. The van der Waals surface area contributed by atoms with Gasteiger partial charge in [0.15, 0.2) is 0 Å². The number of hydrogen-bond donors (Lipinski definition) is 2. The van der Waals surface area contributed by atoms with E-state index in [1.165, 1.54) is 19.3 Å². The molecule has 0 aliphatic heterocycles. The van der Waals surface area contributed by atoms with E-state index in [4.69, 9.17) is 0 Å². The van der Waals surface area contributed by atoms with Crippen molar-refractivity contribution < 1.29 is 5.11 Å². The molecule has 2 aromatic rings. The third-order valence-electron chi connectivity index (χ3n) is 4.41. The molecule has 0 bridgehead atoms. The molecule has 4 nitrogen and oxygen atoms in total. The zero-order chi connectivity index (χ0) is 14.8. The molecular weight excluding hydrogens is 264 g/mol. The van der Waals surface area contributed by atoms with Gasteiger partial charge in [-0.05, 0) is 24.8 Å². The van der Waals surface area contributed by atoms with E-state index in [0.29, 0.717) is 22.9 Å². The van der Waals surface area contributed by atoms with E-state index >= 15 is 0 Å². The number of aromatic amines is 1. The highest BCUT2D eigenvalue weighted by Gasteiger charge is 2.20. The summed E-state index contributed by atoms with van der Waals surface area (Å²) in [5, 5.41) is 11.4. The first-order valence-electron chi connectivity index (χ1n) is 7.54. The van der Waals surface area contributed by atoms with Crippen LogP contribution in [0.1, 0.15) is 38.2 Å². The maximum atomic E-state index is 11.8. The van der Waals surface area contributed by atoms with Crippen molar-refractivity contribution in [1.82, 2.24) is 4.98 Å². The minimum absolute atomic E-state index is 0.106. The average molecular weight is 284 g/mol. The quantitative estimate of drug-likeness (QED) is 0.831. The standard InChI is InChI=1S/C17H20N2O2/c1-11-6-2-5-9-15(11)18-10-14-12-7-3-4-8-13(12)16(20)19-17(14)21/h3-4,7-8,10-11,15H,2,5-6,9H2,1H3,(H2,19,20,21)/t11-,15-/m1/s1. The van der Waals surface area contributed by atoms with Crippen molar-refractivity contribution >= 4 is 17.0 Å². The molecule has 0 spiro atoms. The zero-order valence-corrected chi connectivity index (χ0v) is 12.2. The van der Waals surface area contributed by atoms with Crippen LogP contribution in [-0.2, 0) is 0 Å². The van der Waals surface area contributed by atoms with Gasteiger partial charge in [-0.25, -0.2) is 0 Å². The summed E-state index contributed by atoms with van der Waals surface area (Å²) >= 11 is 0. The number of aromatic hydroxyl groups is 1. The van der Waals surface area contributed by atoms with Crippen molar-refractivity contribution in [2.75, 3.05) is 0 Å². The number of aliphatic imine (C=N–C) groups is 1. The highest BCUT2D eigenvalue weighted by atomic mass is 16.3. The van der Waals surface area contributed by atoms with Gasteiger partial charge in [0.05, 0.1) is 11.6 Å². The Morgan fingerprint density at radius 1 is 1.24 bits per heavy atom. The molecule has 21 heavy (non-hydrogen) atoms. The molecule has 1 aromatic carbocycles. The van der Waals surface area contributed by atoms with Crippen LogP contribution in [0.4, 0.5) is 0 Å². The van der Waals surface area contributed by atoms with Crippen LogP contribution in [0.5, 0.6) is 5.88 Å². The van der Waals surface area contributed by atoms with Crippen molar-refractivity contribution in [1.29, 1.82) is 0 Å². The molecule has 1 fully saturated rings. The van der Waals surface area contributed by atoms with Gasteiger partial charge in [0.25, 0.3) is 5.56 Å². The largest absolute Gasteiger partial charge is 0.494 e. The van der Waals surface area contributed by atoms with E-state index in [2.05, 4.69) is 16.9 Å². The molecule has 110 valence electrons. The van der Waals surface area contributed by atoms with Crippen LogP contribution in [0.3, 0.4) is 0 Å². The van der Waals surface area contributed by atoms with E-state index in [1.54, 1.807) is 12.3 Å². The Bertz CT molecular complexity index is 733. The van der Waals surface area contributed by atoms with Crippen LogP contribution in [0, 0.1) is 5.92 Å². The highest BCUT2D eigenvalue weighted by Crippen LogP contribution is 2.27. The topological polar surface area (TPSA) is 65.5 Å². The van der Waals surface area contributed by atoms with Crippen LogP contribution in [-0.4, -0.2) is 22.3 Å². The Hall–Kier alpha value is -2.10. The van der Waals surface area contributed by atoms with Crippen LogP contribution in [0.15, 0.2) is 34.1 Å². The van der Waals surface area contributed by atoms with Gasteiger partial charge in [-0.3, -0.25) is 14.8 Å². The summed E-state index contributed by atoms with van der Waals surface area (Å²) in [5.74, 6) is 0.470. The van der Waals surface area contributed by atoms with E-state index in [0.717, 1.165) is 11.8 Å². The molecule has 1 aromatic heterocycles. The predicted molar refractivity (Wildman–Crippen MR) is 85.2 cm³/mol. The van der Waals surface area contributed by atoms with Crippen LogP contribution < -0.4 is 5.56 Å². The number of hydrogen-bond acceptors (Lipinski definition) is 3. The summed E-state index contributed by atoms with van der Waals surface area (Å²) in [6, 6.07) is 7.59. The average Bonchev–Trinajstić information content (AvgIpc) is 2.49. The van der Waals surface area contributed by atoms with Crippen LogP contribution >= 0.6 is 0 Å². The molecule has 1 saturated carbocycles. The summed E-state index contributed by atoms with van der Waals surface area (Å²) in [6.07, 6.45) is 6.52. The number of aromatic nitrogens is 1. The lowest BCUT2D eigenvalue weighted by Gasteiger charge is -2.25. The molecule has 2 N–H and O–H groups in total. The number of rotatable bonds is 2. The van der Waals surface area contributed by atoms with E-state index in [9.17, 15) is 9.90 Å². The summed E-state index contributed by atoms with van der Waals surface area (Å²) in [5.41, 5.74) is 0.328. The summed E-state index contributed by atoms with van der Waals surface area (Å²) in [7, 11) is 0. The Morgan fingerprint density at radius 2 is 1.95 bits per heavy atom. The van der Waals surface area contributed by atoms with Crippen molar-refractivity contribution in [3.05, 3.63) is 40.2 Å². The second-order valence-electron chi connectivity index (χ2n) is 5.87. The summed E-state index contributed by atoms with van der Waals surface area (Å²) < 4.78 is 0. The fourth-order valence-corrected chi connectivity index (χ4v) is 3.10. The molecule has 4 heteroatoms. The van der Waals surface area contributed by atoms with Gasteiger partial charge in [0.2, 0.25) is 5.88 Å². The van der Waals surface area contributed by atoms with Gasteiger partial charge in [0.1, 0.15) is 0 Å². The molecule has 1 aliphatic rings. The van der Waals surface area contributed by atoms with E-state index in [-0.39, 0.29) is 11.4 Å². The summed E-state index contributed by atoms with van der Waals surface area (Å²) in [6.45, 7) is 2.23. The fourth-order valence-electron chi connectivity index (χ4n) is 3.10. The first-order chi connectivity index (χ1) is 10.2. The molecule has 0 unspecified atom stereocenters. The van der Waals surface area contributed by atoms with Gasteiger partial charge in [-0.1, -0.05) is 38.0 Å². The molecule has 2 atom stereocenters. The Balaban J connectivity index is 2.02. The number of H-pyrrole nitrogens is 1. The van der Waals surface area contributed by atoms with Gasteiger partial charge in [0, 0.05) is 17.0 Å². The van der Waals surface area contributed by atoms with Gasteiger partial charge < -0.3 is 5.11 Å². The zero-order valence-electron chi connectivity index (χ0n) is 12.2. The molecular formula is C17H20N2O2. The van der Waals surface area contributed by atoms with Gasteiger partial charge >= 0.3 is 0 Å². The molecule has 1 heterocycles. The monoisotopic (exact) mass is 284 g/mol. The number of fused-ring (bicyclic) bond motifs is 1. The predicted octanol–water partition coefficient (Wildman–Crippen LogP) is 3.23. The Labute approximate surface area is 123 Å². The van der Waals surface area contributed by atoms with E-state index < -0.39 is 0 Å². The molecule has 0 saturated heterocycles. The maximum absolute atomic E-state index is 11.8. The third kappa shape index (κ3) is 2.71. The van der Waals surface area contributed by atoms with E-state index in [1.807, 2.05) is 18.2 Å². The normalized spacial score (nSPS) is 22.9. The Morgan fingerprint density at radius 3 is 2.71 bits per heavy atom. The van der Waals surface area contributed by atoms with Crippen molar-refractivity contribution in [3.8, 4) is 5.88 Å². The van der Waals surface area contributed by atoms with Crippen molar-refractivity contribution in [2.24, 2.45) is 10.9 Å². The number of benzene rings is 1. The maximum Gasteiger partial charge on any atom is 0.258 e. The SMILES string of the molecule is C[C@@H]1CCCC[C@H]1N=Cc1c(O)[nH]c(=O)c2ccccc12. The smallest absolute Gasteiger partial charge is 0.258 e. The number of pyridine rings is 1. The number of nitrogens with one attached hydrogen (secondary N) is 1. The fraction of sp³-hybridized carbons (Fsp3) is 0.412. The second kappa shape index (κ2) is 5.72. The minimum atomic E-state index is -0.272. The molecule has 0 radical (unpaired) electrons. The van der Waals surface area contributed by atoms with Gasteiger partial charge in [-0.15, -0.1) is 0 Å². The summed E-state index contributed by atoms with van der Waals surface area (Å²) in [4.78, 5) is 19.0. The third-order valence-corrected chi connectivity index (χ3v) is 4.41. The second-order valence-corrected chi connectivity index (χ2v) is 5.87. The number of nitrogens with zero attached hydrogens (tertiary/aromatic N) is 1. The minimum Gasteiger partial charge on any atom is -0.494 e. The van der Waals surface area contributed by atoms with Crippen LogP contribution in [0.2, 0.25) is 0 Å². The van der Waals surface area contributed by atoms with Crippen molar-refractivity contribution in [3.63, 3.8) is 0 Å². The first-order valence-corrected chi connectivity index (χ1v) is 7.54. The lowest BCUT2D eigenvalue weighted by atomic mass is 9.86. The highest BCUT2D eigenvalue weighted by molar-refractivity contribution is 6.01. The van der Waals surface area contributed by atoms with Crippen molar-refractivity contribution in [2.45, 2.75) is 38.6 Å². The van der Waals surface area contributed by atoms with Gasteiger partial charge in [-0.2, -0.15) is 0 Å². The lowest BCUT2D eigenvalue weighted by Crippen LogP contribution is -2.20. The molecule has 3 rings (SSSR count). The lowest BCUT2D eigenvalue weighted by molar-refractivity contribution is 0.333. The Kier molecular flexibility index (Phi) is 3.78. The molecule has 0 amide bonds. The van der Waals surface area contributed by atoms with Crippen LogP contribution in [0.25, 0.3) is 10.8 Å².